The molecule has 1 aliphatic carbocycles. The van der Waals surface area contributed by atoms with Crippen LogP contribution < -0.4 is 10.6 Å². The summed E-state index contributed by atoms with van der Waals surface area (Å²) in [5.74, 6) is -0.631. The van der Waals surface area contributed by atoms with Crippen LogP contribution in [0.5, 0.6) is 0 Å². The lowest BCUT2D eigenvalue weighted by molar-refractivity contribution is -0.115. The van der Waals surface area contributed by atoms with Crippen molar-refractivity contribution in [1.29, 1.82) is 0 Å². The van der Waals surface area contributed by atoms with Crippen LogP contribution >= 0.6 is 0 Å². The van der Waals surface area contributed by atoms with E-state index in [-0.39, 0.29) is 18.3 Å². The zero-order chi connectivity index (χ0) is 13.0. The molecule has 0 saturated heterocycles. The highest BCUT2D eigenvalue weighted by molar-refractivity contribution is 5.92. The van der Waals surface area contributed by atoms with E-state index < -0.39 is 5.60 Å². The smallest absolute Gasteiger partial charge is 0.238 e. The number of anilines is 1. The van der Waals surface area contributed by atoms with Gasteiger partial charge in [-0.25, -0.2) is 4.39 Å². The third kappa shape index (κ3) is 3.51. The number of benzene rings is 1. The van der Waals surface area contributed by atoms with Crippen LogP contribution in [0.2, 0.25) is 0 Å². The maximum Gasteiger partial charge on any atom is 0.238 e. The Morgan fingerprint density at radius 3 is 2.83 bits per heavy atom. The molecule has 1 saturated carbocycles. The van der Waals surface area contributed by atoms with E-state index in [1.54, 1.807) is 6.07 Å². The fourth-order valence-electron chi connectivity index (χ4n) is 1.94. The molecule has 18 heavy (non-hydrogen) atoms. The first kappa shape index (κ1) is 13.0. The predicted molar refractivity (Wildman–Crippen MR) is 66.7 cm³/mol. The average molecular weight is 252 g/mol. The van der Waals surface area contributed by atoms with Gasteiger partial charge in [0.05, 0.1) is 12.1 Å². The van der Waals surface area contributed by atoms with Gasteiger partial charge in [-0.15, -0.1) is 0 Å². The number of hydrogen-bond acceptors (Lipinski definition) is 3. The summed E-state index contributed by atoms with van der Waals surface area (Å²) in [6, 6.07) is 5.74. The van der Waals surface area contributed by atoms with Crippen LogP contribution in [0.1, 0.15) is 19.3 Å². The van der Waals surface area contributed by atoms with E-state index in [0.29, 0.717) is 12.2 Å². The van der Waals surface area contributed by atoms with Gasteiger partial charge in [-0.1, -0.05) is 6.07 Å². The Balaban J connectivity index is 1.72. The number of amides is 1. The standard InChI is InChI=1S/C13H17FN2O2/c14-10-3-1-4-11(7-10)16-12(17)8-15-9-13(18)5-2-6-13/h1,3-4,7,15,18H,2,5-6,8-9H2,(H,16,17). The fraction of sp³-hybridized carbons (Fsp3) is 0.462. The van der Waals surface area contributed by atoms with Crippen LogP contribution in [0.25, 0.3) is 0 Å². The lowest BCUT2D eigenvalue weighted by atomic mass is 9.80. The first-order chi connectivity index (χ1) is 8.57. The second-order valence-corrected chi connectivity index (χ2v) is 4.74. The van der Waals surface area contributed by atoms with Crippen LogP contribution in [0.4, 0.5) is 10.1 Å². The Morgan fingerprint density at radius 2 is 2.22 bits per heavy atom. The molecule has 0 spiro atoms. The lowest BCUT2D eigenvalue weighted by Crippen LogP contribution is -2.47. The summed E-state index contributed by atoms with van der Waals surface area (Å²) >= 11 is 0. The van der Waals surface area contributed by atoms with Crippen molar-refractivity contribution in [2.45, 2.75) is 24.9 Å². The Kier molecular flexibility index (Phi) is 3.93. The number of aliphatic hydroxyl groups is 1. The molecule has 1 aliphatic rings. The summed E-state index contributed by atoms with van der Waals surface area (Å²) in [6.07, 6.45) is 2.60. The molecule has 5 heteroatoms. The summed E-state index contributed by atoms with van der Waals surface area (Å²) < 4.78 is 12.9. The summed E-state index contributed by atoms with van der Waals surface area (Å²) in [4.78, 5) is 11.5. The van der Waals surface area contributed by atoms with E-state index in [4.69, 9.17) is 0 Å². The molecule has 98 valence electrons. The maximum atomic E-state index is 12.9. The van der Waals surface area contributed by atoms with E-state index in [0.717, 1.165) is 19.3 Å². The molecular weight excluding hydrogens is 235 g/mol. The van der Waals surface area contributed by atoms with E-state index >= 15 is 0 Å². The van der Waals surface area contributed by atoms with Crippen molar-refractivity contribution < 1.29 is 14.3 Å². The second-order valence-electron chi connectivity index (χ2n) is 4.74. The molecular formula is C13H17FN2O2. The highest BCUT2D eigenvalue weighted by atomic mass is 19.1. The first-order valence-electron chi connectivity index (χ1n) is 6.06. The quantitative estimate of drug-likeness (QED) is 0.739. The third-order valence-corrected chi connectivity index (χ3v) is 3.13. The van der Waals surface area contributed by atoms with Gasteiger partial charge in [0.25, 0.3) is 0 Å². The Morgan fingerprint density at radius 1 is 1.44 bits per heavy atom. The number of halogens is 1. The molecule has 0 atom stereocenters. The average Bonchev–Trinajstić information content (AvgIpc) is 2.26. The van der Waals surface area contributed by atoms with Crippen molar-refractivity contribution >= 4 is 11.6 Å². The van der Waals surface area contributed by atoms with Crippen LogP contribution in [0.3, 0.4) is 0 Å². The van der Waals surface area contributed by atoms with Crippen molar-refractivity contribution in [3.63, 3.8) is 0 Å². The monoisotopic (exact) mass is 252 g/mol. The number of nitrogens with one attached hydrogen (secondary N) is 2. The minimum atomic E-state index is -0.640. The molecule has 1 fully saturated rings. The van der Waals surface area contributed by atoms with Gasteiger partial charge in [0.1, 0.15) is 5.82 Å². The number of carbonyl (C=O) groups excluding carboxylic acids is 1. The van der Waals surface area contributed by atoms with Gasteiger partial charge < -0.3 is 15.7 Å². The molecule has 1 aromatic carbocycles. The van der Waals surface area contributed by atoms with Gasteiger partial charge in [-0.2, -0.15) is 0 Å². The van der Waals surface area contributed by atoms with Crippen LogP contribution in [0, 0.1) is 5.82 Å². The fourth-order valence-corrected chi connectivity index (χ4v) is 1.94. The highest BCUT2D eigenvalue weighted by Crippen LogP contribution is 2.30. The molecule has 0 aliphatic heterocycles. The molecule has 1 amide bonds. The van der Waals surface area contributed by atoms with Gasteiger partial charge in [0, 0.05) is 12.2 Å². The van der Waals surface area contributed by atoms with E-state index in [9.17, 15) is 14.3 Å². The van der Waals surface area contributed by atoms with Crippen LogP contribution in [0.15, 0.2) is 24.3 Å². The number of hydrogen-bond donors (Lipinski definition) is 3. The second kappa shape index (κ2) is 5.46. The first-order valence-corrected chi connectivity index (χ1v) is 6.06. The van der Waals surface area contributed by atoms with Gasteiger partial charge in [0.2, 0.25) is 5.91 Å². The van der Waals surface area contributed by atoms with Crippen LogP contribution in [-0.4, -0.2) is 29.7 Å². The zero-order valence-corrected chi connectivity index (χ0v) is 10.1. The summed E-state index contributed by atoms with van der Waals surface area (Å²) in [7, 11) is 0. The molecule has 1 aromatic rings. The van der Waals surface area contributed by atoms with Crippen molar-refractivity contribution in [3.05, 3.63) is 30.1 Å². The minimum Gasteiger partial charge on any atom is -0.389 e. The largest absolute Gasteiger partial charge is 0.389 e. The molecule has 0 radical (unpaired) electrons. The Bertz CT molecular complexity index is 433. The predicted octanol–water partition coefficient (Wildman–Crippen LogP) is 1.27. The summed E-state index contributed by atoms with van der Waals surface area (Å²) in [5, 5.41) is 15.3. The SMILES string of the molecule is O=C(CNCC1(O)CCC1)Nc1cccc(F)c1. The zero-order valence-electron chi connectivity index (χ0n) is 10.1. The van der Waals surface area contributed by atoms with Gasteiger partial charge in [0.15, 0.2) is 0 Å². The molecule has 0 aromatic heterocycles. The molecule has 0 heterocycles. The van der Waals surface area contributed by atoms with Crippen molar-refractivity contribution in [2.75, 3.05) is 18.4 Å². The van der Waals surface area contributed by atoms with Crippen molar-refractivity contribution in [3.8, 4) is 0 Å². The van der Waals surface area contributed by atoms with Gasteiger partial charge in [-0.3, -0.25) is 4.79 Å². The van der Waals surface area contributed by atoms with E-state index in [2.05, 4.69) is 10.6 Å². The highest BCUT2D eigenvalue weighted by Gasteiger charge is 2.33. The molecule has 4 nitrogen and oxygen atoms in total. The van der Waals surface area contributed by atoms with Crippen LogP contribution in [-0.2, 0) is 4.79 Å². The van der Waals surface area contributed by atoms with Gasteiger partial charge in [-0.05, 0) is 37.5 Å². The normalized spacial score (nSPS) is 17.0. The molecule has 3 N–H and O–H groups in total. The third-order valence-electron chi connectivity index (χ3n) is 3.13. The minimum absolute atomic E-state index is 0.110. The van der Waals surface area contributed by atoms with E-state index in [1.165, 1.54) is 18.2 Å². The lowest BCUT2D eigenvalue weighted by Gasteiger charge is -2.36. The van der Waals surface area contributed by atoms with Crippen molar-refractivity contribution in [1.82, 2.24) is 5.32 Å². The number of rotatable bonds is 5. The van der Waals surface area contributed by atoms with E-state index in [1.807, 2.05) is 0 Å². The maximum absolute atomic E-state index is 12.9. The Labute approximate surface area is 105 Å². The summed E-state index contributed by atoms with van der Waals surface area (Å²) in [5.41, 5.74) is -0.205. The number of carbonyl (C=O) groups is 1. The molecule has 2 rings (SSSR count). The van der Waals surface area contributed by atoms with Crippen molar-refractivity contribution in [2.24, 2.45) is 0 Å². The summed E-state index contributed by atoms with van der Waals surface area (Å²) in [6.45, 7) is 0.530. The Hall–Kier alpha value is -1.46. The van der Waals surface area contributed by atoms with Gasteiger partial charge >= 0.3 is 0 Å². The molecule has 0 bridgehead atoms. The molecule has 0 unspecified atom stereocenters. The topological polar surface area (TPSA) is 61.4 Å².